The third-order valence-corrected chi connectivity index (χ3v) is 6.14. The second-order valence-corrected chi connectivity index (χ2v) is 8.06. The highest BCUT2D eigenvalue weighted by Crippen LogP contribution is 2.28. The minimum Gasteiger partial charge on any atom is -0.485 e. The zero-order valence-electron chi connectivity index (χ0n) is 17.1. The first-order chi connectivity index (χ1) is 14.2. The Kier molecular flexibility index (Phi) is 5.86. The number of ether oxygens (including phenoxy) is 1. The molecule has 0 radical (unpaired) electrons. The molecule has 1 heterocycles. The van der Waals surface area contributed by atoms with E-state index in [4.69, 9.17) is 4.74 Å². The second-order valence-electron chi connectivity index (χ2n) is 7.12. The Hall–Kier alpha value is -2.79. The third-order valence-electron chi connectivity index (χ3n) is 5.10. The largest absolute Gasteiger partial charge is 0.485 e. The number of rotatable bonds is 7. The molecule has 4 nitrogen and oxygen atoms in total. The van der Waals surface area contributed by atoms with Gasteiger partial charge in [0.2, 0.25) is 0 Å². The quantitative estimate of drug-likeness (QED) is 0.358. The maximum atomic E-state index is 6.13. The van der Waals surface area contributed by atoms with E-state index in [1.807, 2.05) is 6.07 Å². The molecule has 0 aliphatic rings. The predicted molar refractivity (Wildman–Crippen MR) is 119 cm³/mol. The van der Waals surface area contributed by atoms with Crippen molar-refractivity contribution < 1.29 is 4.74 Å². The first kappa shape index (κ1) is 19.5. The molecule has 29 heavy (non-hydrogen) atoms. The van der Waals surface area contributed by atoms with Crippen LogP contribution >= 0.6 is 11.8 Å². The normalized spacial score (nSPS) is 11.1. The first-order valence-electron chi connectivity index (χ1n) is 9.87. The average Bonchev–Trinajstić information content (AvgIpc) is 3.15. The van der Waals surface area contributed by atoms with Crippen LogP contribution in [0.1, 0.15) is 29.4 Å². The van der Waals surface area contributed by atoms with E-state index in [9.17, 15) is 0 Å². The number of benzene rings is 3. The summed E-state index contributed by atoms with van der Waals surface area (Å²) in [5.74, 6) is 2.62. The van der Waals surface area contributed by atoms with E-state index < -0.39 is 0 Å². The summed E-state index contributed by atoms with van der Waals surface area (Å²) in [4.78, 5) is 0. The van der Waals surface area contributed by atoms with E-state index in [1.54, 1.807) is 11.8 Å². The molecule has 0 unspecified atom stereocenters. The predicted octanol–water partition coefficient (Wildman–Crippen LogP) is 5.94. The fraction of sp³-hybridized carbons (Fsp3) is 0.250. The molecule has 3 aromatic carbocycles. The molecule has 0 saturated carbocycles. The lowest BCUT2D eigenvalue weighted by atomic mass is 10.0. The van der Waals surface area contributed by atoms with E-state index in [2.05, 4.69) is 90.1 Å². The highest BCUT2D eigenvalue weighted by atomic mass is 32.2. The standard InChI is InChI=1S/C24H25N3OS/c1-4-27-23(25-26-24(27)29-16-19-11-9-17(2)10-12-19)15-28-22-14-13-20-7-5-6-8-21(20)18(22)3/h5-14H,4,15-16H2,1-3H3. The second kappa shape index (κ2) is 8.70. The van der Waals surface area contributed by atoms with Crippen molar-refractivity contribution in [2.75, 3.05) is 0 Å². The lowest BCUT2D eigenvalue weighted by Crippen LogP contribution is -2.07. The first-order valence-corrected chi connectivity index (χ1v) is 10.9. The van der Waals surface area contributed by atoms with Crippen LogP contribution in [0.4, 0.5) is 0 Å². The number of hydrogen-bond donors (Lipinski definition) is 0. The van der Waals surface area contributed by atoms with Gasteiger partial charge in [-0.25, -0.2) is 0 Å². The Morgan fingerprint density at radius 3 is 2.52 bits per heavy atom. The van der Waals surface area contributed by atoms with E-state index >= 15 is 0 Å². The molecule has 1 aromatic heterocycles. The van der Waals surface area contributed by atoms with Crippen molar-refractivity contribution in [3.63, 3.8) is 0 Å². The summed E-state index contributed by atoms with van der Waals surface area (Å²) < 4.78 is 8.26. The van der Waals surface area contributed by atoms with Crippen LogP contribution < -0.4 is 4.74 Å². The summed E-state index contributed by atoms with van der Waals surface area (Å²) in [5, 5.41) is 12.2. The van der Waals surface area contributed by atoms with Crippen LogP contribution in [-0.4, -0.2) is 14.8 Å². The molecule has 0 aliphatic carbocycles. The third kappa shape index (κ3) is 4.30. The molecular formula is C24H25N3OS. The van der Waals surface area contributed by atoms with Gasteiger partial charge in [0.15, 0.2) is 11.0 Å². The van der Waals surface area contributed by atoms with Gasteiger partial charge in [-0.3, -0.25) is 0 Å². The van der Waals surface area contributed by atoms with Gasteiger partial charge >= 0.3 is 0 Å². The molecule has 0 fully saturated rings. The van der Waals surface area contributed by atoms with Gasteiger partial charge in [0.25, 0.3) is 0 Å². The van der Waals surface area contributed by atoms with Gasteiger partial charge in [-0.1, -0.05) is 71.9 Å². The van der Waals surface area contributed by atoms with Crippen LogP contribution in [0.15, 0.2) is 65.8 Å². The van der Waals surface area contributed by atoms with Crippen LogP contribution in [0.2, 0.25) is 0 Å². The van der Waals surface area contributed by atoms with Crippen molar-refractivity contribution in [3.8, 4) is 5.75 Å². The number of nitrogens with zero attached hydrogens (tertiary/aromatic N) is 3. The maximum absolute atomic E-state index is 6.13. The summed E-state index contributed by atoms with van der Waals surface area (Å²) >= 11 is 1.71. The molecule has 5 heteroatoms. The number of thioether (sulfide) groups is 1. The van der Waals surface area contributed by atoms with Crippen LogP contribution in [0.5, 0.6) is 5.75 Å². The number of aromatic nitrogens is 3. The van der Waals surface area contributed by atoms with E-state index in [1.165, 1.54) is 21.9 Å². The van der Waals surface area contributed by atoms with Gasteiger partial charge in [0.05, 0.1) is 0 Å². The minimum absolute atomic E-state index is 0.408. The van der Waals surface area contributed by atoms with Crippen LogP contribution in [0, 0.1) is 13.8 Å². The Bertz CT molecular complexity index is 1120. The maximum Gasteiger partial charge on any atom is 0.191 e. The topological polar surface area (TPSA) is 39.9 Å². The summed E-state index contributed by atoms with van der Waals surface area (Å²) in [6.07, 6.45) is 0. The summed E-state index contributed by atoms with van der Waals surface area (Å²) in [7, 11) is 0. The van der Waals surface area contributed by atoms with Crippen molar-refractivity contribution in [3.05, 3.63) is 83.2 Å². The van der Waals surface area contributed by atoms with Gasteiger partial charge in [0.1, 0.15) is 12.4 Å². The van der Waals surface area contributed by atoms with Gasteiger partial charge in [0, 0.05) is 12.3 Å². The monoisotopic (exact) mass is 403 g/mol. The Balaban J connectivity index is 1.47. The molecule has 0 saturated heterocycles. The fourth-order valence-electron chi connectivity index (χ4n) is 3.39. The molecule has 148 valence electrons. The molecule has 4 rings (SSSR count). The van der Waals surface area contributed by atoms with Gasteiger partial charge in [-0.15, -0.1) is 10.2 Å². The van der Waals surface area contributed by atoms with Crippen LogP contribution in [-0.2, 0) is 18.9 Å². The van der Waals surface area contributed by atoms with Gasteiger partial charge < -0.3 is 9.30 Å². The van der Waals surface area contributed by atoms with Crippen molar-refractivity contribution in [2.45, 2.75) is 44.8 Å². The Morgan fingerprint density at radius 1 is 0.931 bits per heavy atom. The lowest BCUT2D eigenvalue weighted by molar-refractivity contribution is 0.287. The fourth-order valence-corrected chi connectivity index (χ4v) is 4.37. The van der Waals surface area contributed by atoms with Gasteiger partial charge in [-0.05, 0) is 48.7 Å². The van der Waals surface area contributed by atoms with Crippen LogP contribution in [0.25, 0.3) is 10.8 Å². The highest BCUT2D eigenvalue weighted by molar-refractivity contribution is 7.98. The molecule has 0 spiro atoms. The summed E-state index contributed by atoms with van der Waals surface area (Å²) in [6, 6.07) is 21.1. The van der Waals surface area contributed by atoms with Crippen molar-refractivity contribution in [1.82, 2.24) is 14.8 Å². The zero-order chi connectivity index (χ0) is 20.2. The Labute approximate surface area is 175 Å². The molecule has 0 atom stereocenters. The Morgan fingerprint density at radius 2 is 1.72 bits per heavy atom. The van der Waals surface area contributed by atoms with E-state index in [0.717, 1.165) is 34.6 Å². The molecule has 0 bridgehead atoms. The average molecular weight is 404 g/mol. The van der Waals surface area contributed by atoms with E-state index in [0.29, 0.717) is 6.61 Å². The number of fused-ring (bicyclic) bond motifs is 1. The number of aryl methyl sites for hydroxylation is 2. The van der Waals surface area contributed by atoms with Crippen molar-refractivity contribution in [2.24, 2.45) is 0 Å². The molecular weight excluding hydrogens is 378 g/mol. The zero-order valence-corrected chi connectivity index (χ0v) is 17.9. The van der Waals surface area contributed by atoms with Crippen molar-refractivity contribution >= 4 is 22.5 Å². The molecule has 4 aromatic rings. The summed E-state index contributed by atoms with van der Waals surface area (Å²) in [6.45, 7) is 7.55. The van der Waals surface area contributed by atoms with Crippen LogP contribution in [0.3, 0.4) is 0 Å². The van der Waals surface area contributed by atoms with Gasteiger partial charge in [-0.2, -0.15) is 0 Å². The van der Waals surface area contributed by atoms with Crippen molar-refractivity contribution in [1.29, 1.82) is 0 Å². The number of hydrogen-bond acceptors (Lipinski definition) is 4. The molecule has 0 aliphatic heterocycles. The SMILES string of the molecule is CCn1c(COc2ccc3ccccc3c2C)nnc1SCc1ccc(C)cc1. The summed E-state index contributed by atoms with van der Waals surface area (Å²) in [5.41, 5.74) is 3.72. The molecule has 0 N–H and O–H groups in total. The minimum atomic E-state index is 0.408. The lowest BCUT2D eigenvalue weighted by Gasteiger charge is -2.12. The highest BCUT2D eigenvalue weighted by Gasteiger charge is 2.13. The smallest absolute Gasteiger partial charge is 0.191 e. The van der Waals surface area contributed by atoms with E-state index in [-0.39, 0.29) is 0 Å². The molecule has 0 amide bonds.